The highest BCUT2D eigenvalue weighted by molar-refractivity contribution is 6.30. The molecule has 1 aromatic rings. The fourth-order valence-corrected chi connectivity index (χ4v) is 1.60. The summed E-state index contributed by atoms with van der Waals surface area (Å²) in [5, 5.41) is 3.83. The smallest absolute Gasteiger partial charge is 0.188 e. The van der Waals surface area contributed by atoms with Gasteiger partial charge in [0.15, 0.2) is 5.96 Å². The van der Waals surface area contributed by atoms with Gasteiger partial charge in [0, 0.05) is 17.6 Å². The molecule has 0 fully saturated rings. The molecule has 17 heavy (non-hydrogen) atoms. The van der Waals surface area contributed by atoms with Crippen LogP contribution in [0.2, 0.25) is 5.02 Å². The second kappa shape index (κ2) is 7.17. The Balaban J connectivity index is 2.26. The molecule has 0 spiro atoms. The quantitative estimate of drug-likeness (QED) is 0.481. The van der Waals surface area contributed by atoms with E-state index in [1.807, 2.05) is 38.1 Å². The molecule has 0 aliphatic heterocycles. The van der Waals surface area contributed by atoms with Gasteiger partial charge in [-0.2, -0.15) is 0 Å². The van der Waals surface area contributed by atoms with Gasteiger partial charge in [0.2, 0.25) is 0 Å². The van der Waals surface area contributed by atoms with Crippen molar-refractivity contribution in [3.05, 3.63) is 34.9 Å². The van der Waals surface area contributed by atoms with Gasteiger partial charge in [0.05, 0.1) is 0 Å². The number of nitrogens with zero attached hydrogens (tertiary/aromatic N) is 1. The van der Waals surface area contributed by atoms with E-state index in [0.717, 1.165) is 24.4 Å². The third-order valence-corrected chi connectivity index (χ3v) is 2.51. The zero-order valence-electron chi connectivity index (χ0n) is 10.4. The van der Waals surface area contributed by atoms with E-state index in [9.17, 15) is 0 Å². The molecule has 0 aliphatic carbocycles. The van der Waals surface area contributed by atoms with Crippen LogP contribution in [0, 0.1) is 0 Å². The maximum absolute atomic E-state index is 5.82. The van der Waals surface area contributed by atoms with Gasteiger partial charge in [-0.1, -0.05) is 23.7 Å². The lowest BCUT2D eigenvalue weighted by Gasteiger charge is -2.08. The summed E-state index contributed by atoms with van der Waals surface area (Å²) in [6, 6.07) is 8.24. The third kappa shape index (κ3) is 6.17. The summed E-state index contributed by atoms with van der Waals surface area (Å²) in [5.74, 6) is 0.524. The average Bonchev–Trinajstić information content (AvgIpc) is 2.26. The van der Waals surface area contributed by atoms with Crippen molar-refractivity contribution in [3.63, 3.8) is 0 Å². The number of benzene rings is 1. The molecule has 0 bridgehead atoms. The normalized spacial score (nSPS) is 11.9. The van der Waals surface area contributed by atoms with E-state index in [1.54, 1.807) is 0 Å². The molecular formula is C13H20ClN3. The molecule has 4 heteroatoms. The summed E-state index contributed by atoms with van der Waals surface area (Å²) in [7, 11) is 0. The highest BCUT2D eigenvalue weighted by Gasteiger charge is 1.96. The zero-order valence-corrected chi connectivity index (χ0v) is 11.2. The Morgan fingerprint density at radius 1 is 1.35 bits per heavy atom. The highest BCUT2D eigenvalue weighted by Crippen LogP contribution is 2.10. The maximum Gasteiger partial charge on any atom is 0.188 e. The van der Waals surface area contributed by atoms with Gasteiger partial charge in [0.1, 0.15) is 0 Å². The fourth-order valence-electron chi connectivity index (χ4n) is 1.48. The van der Waals surface area contributed by atoms with Crippen LogP contribution in [0.5, 0.6) is 0 Å². The maximum atomic E-state index is 5.82. The summed E-state index contributed by atoms with van der Waals surface area (Å²) in [4.78, 5) is 4.25. The predicted octanol–water partition coefficient (Wildman–Crippen LogP) is 2.59. The van der Waals surface area contributed by atoms with Crippen molar-refractivity contribution in [2.24, 2.45) is 10.7 Å². The Kier molecular flexibility index (Phi) is 5.84. The first kappa shape index (κ1) is 13.8. The molecule has 0 amide bonds. The fraction of sp³-hybridized carbons (Fsp3) is 0.462. The Labute approximate surface area is 108 Å². The standard InChI is InChI=1S/C13H20ClN3/c1-10(2)17-13(15)16-9-3-4-11-5-7-12(14)8-6-11/h5-8,10H,3-4,9H2,1-2H3,(H3,15,16,17). The molecule has 0 heterocycles. The lowest BCUT2D eigenvalue weighted by Crippen LogP contribution is -2.36. The number of nitrogens with one attached hydrogen (secondary N) is 1. The molecule has 1 rings (SSSR count). The number of aliphatic imine (C=N–C) groups is 1. The van der Waals surface area contributed by atoms with Crippen LogP contribution >= 0.6 is 11.6 Å². The van der Waals surface area contributed by atoms with Crippen molar-refractivity contribution in [2.45, 2.75) is 32.7 Å². The van der Waals surface area contributed by atoms with E-state index >= 15 is 0 Å². The highest BCUT2D eigenvalue weighted by atomic mass is 35.5. The van der Waals surface area contributed by atoms with Crippen molar-refractivity contribution < 1.29 is 0 Å². The van der Waals surface area contributed by atoms with Gasteiger partial charge in [0.25, 0.3) is 0 Å². The monoisotopic (exact) mass is 253 g/mol. The molecule has 3 nitrogen and oxygen atoms in total. The number of hydrogen-bond acceptors (Lipinski definition) is 1. The van der Waals surface area contributed by atoms with Crippen LogP contribution in [0.15, 0.2) is 29.3 Å². The number of aryl methyl sites for hydroxylation is 1. The summed E-state index contributed by atoms with van der Waals surface area (Å²) in [5.41, 5.74) is 6.97. The first-order chi connectivity index (χ1) is 8.08. The lowest BCUT2D eigenvalue weighted by atomic mass is 10.1. The van der Waals surface area contributed by atoms with Crippen molar-refractivity contribution in [2.75, 3.05) is 6.54 Å². The molecule has 0 saturated heterocycles. The number of guanidine groups is 1. The van der Waals surface area contributed by atoms with Gasteiger partial charge in [-0.3, -0.25) is 4.99 Å². The Bertz CT molecular complexity index is 357. The molecule has 0 saturated carbocycles. The van der Waals surface area contributed by atoms with Crippen LogP contribution < -0.4 is 11.1 Å². The van der Waals surface area contributed by atoms with Crippen molar-refractivity contribution in [1.29, 1.82) is 0 Å². The minimum Gasteiger partial charge on any atom is -0.370 e. The first-order valence-electron chi connectivity index (χ1n) is 5.89. The summed E-state index contributed by atoms with van der Waals surface area (Å²) < 4.78 is 0. The van der Waals surface area contributed by atoms with E-state index in [2.05, 4.69) is 10.3 Å². The van der Waals surface area contributed by atoms with Gasteiger partial charge < -0.3 is 11.1 Å². The first-order valence-corrected chi connectivity index (χ1v) is 6.26. The molecular weight excluding hydrogens is 234 g/mol. The van der Waals surface area contributed by atoms with Crippen LogP contribution in [0.25, 0.3) is 0 Å². The number of hydrogen-bond donors (Lipinski definition) is 2. The minimum absolute atomic E-state index is 0.329. The van der Waals surface area contributed by atoms with Gasteiger partial charge in [-0.15, -0.1) is 0 Å². The van der Waals surface area contributed by atoms with Crippen LogP contribution in [-0.4, -0.2) is 18.5 Å². The van der Waals surface area contributed by atoms with Gasteiger partial charge in [-0.25, -0.2) is 0 Å². The van der Waals surface area contributed by atoms with E-state index < -0.39 is 0 Å². The summed E-state index contributed by atoms with van der Waals surface area (Å²) in [6.07, 6.45) is 1.98. The third-order valence-electron chi connectivity index (χ3n) is 2.26. The largest absolute Gasteiger partial charge is 0.370 e. The molecule has 94 valence electrons. The van der Waals surface area contributed by atoms with E-state index in [1.165, 1.54) is 5.56 Å². The molecule has 0 aromatic heterocycles. The van der Waals surface area contributed by atoms with E-state index in [4.69, 9.17) is 17.3 Å². The van der Waals surface area contributed by atoms with E-state index in [0.29, 0.717) is 12.0 Å². The van der Waals surface area contributed by atoms with Crippen molar-refractivity contribution >= 4 is 17.6 Å². The zero-order chi connectivity index (χ0) is 12.7. The molecule has 0 radical (unpaired) electrons. The van der Waals surface area contributed by atoms with Crippen LogP contribution in [0.3, 0.4) is 0 Å². The topological polar surface area (TPSA) is 50.4 Å². The number of rotatable bonds is 5. The van der Waals surface area contributed by atoms with Crippen molar-refractivity contribution in [1.82, 2.24) is 5.32 Å². The Hall–Kier alpha value is -1.22. The van der Waals surface area contributed by atoms with Gasteiger partial charge in [-0.05, 0) is 44.4 Å². The minimum atomic E-state index is 0.329. The lowest BCUT2D eigenvalue weighted by molar-refractivity contribution is 0.719. The summed E-state index contributed by atoms with van der Waals surface area (Å²) in [6.45, 7) is 4.82. The van der Waals surface area contributed by atoms with Crippen molar-refractivity contribution in [3.8, 4) is 0 Å². The van der Waals surface area contributed by atoms with Crippen LogP contribution in [-0.2, 0) is 6.42 Å². The molecule has 1 aromatic carbocycles. The Morgan fingerprint density at radius 3 is 2.59 bits per heavy atom. The molecule has 0 atom stereocenters. The summed E-state index contributed by atoms with van der Waals surface area (Å²) >= 11 is 5.82. The molecule has 0 unspecified atom stereocenters. The second-order valence-electron chi connectivity index (χ2n) is 4.30. The number of halogens is 1. The second-order valence-corrected chi connectivity index (χ2v) is 4.73. The Morgan fingerprint density at radius 2 is 2.00 bits per heavy atom. The SMILES string of the molecule is CC(C)NC(N)=NCCCc1ccc(Cl)cc1. The molecule has 3 N–H and O–H groups in total. The van der Waals surface area contributed by atoms with E-state index in [-0.39, 0.29) is 0 Å². The van der Waals surface area contributed by atoms with Crippen LogP contribution in [0.4, 0.5) is 0 Å². The predicted molar refractivity (Wildman–Crippen MR) is 74.5 cm³/mol. The average molecular weight is 254 g/mol. The number of nitrogens with two attached hydrogens (primary N) is 1. The molecule has 0 aliphatic rings. The van der Waals surface area contributed by atoms with Gasteiger partial charge >= 0.3 is 0 Å². The van der Waals surface area contributed by atoms with Crippen LogP contribution in [0.1, 0.15) is 25.8 Å².